The van der Waals surface area contributed by atoms with E-state index in [-0.39, 0.29) is 6.10 Å². The quantitative estimate of drug-likeness (QED) is 0.855. The first-order chi connectivity index (χ1) is 8.83. The molecule has 6 nitrogen and oxygen atoms in total. The first-order valence-corrected chi connectivity index (χ1v) is 6.00. The number of piperidine rings is 1. The Bertz CT molecular complexity index is 506. The van der Waals surface area contributed by atoms with E-state index in [4.69, 9.17) is 4.52 Å². The van der Waals surface area contributed by atoms with Gasteiger partial charge in [-0.3, -0.25) is 4.98 Å². The maximum Gasteiger partial charge on any atom is 0.324 e. The Morgan fingerprint density at radius 1 is 1.22 bits per heavy atom. The largest absolute Gasteiger partial charge is 0.393 e. The fraction of sp³-hybridized carbons (Fsp3) is 0.417. The molecule has 0 aliphatic carbocycles. The minimum atomic E-state index is -0.205. The Labute approximate surface area is 104 Å². The highest BCUT2D eigenvalue weighted by atomic mass is 16.5. The van der Waals surface area contributed by atoms with Crippen molar-refractivity contribution < 1.29 is 9.63 Å². The Morgan fingerprint density at radius 2 is 1.94 bits per heavy atom. The maximum atomic E-state index is 9.46. The molecule has 0 saturated carbocycles. The molecule has 3 heterocycles. The van der Waals surface area contributed by atoms with Gasteiger partial charge in [-0.1, -0.05) is 5.16 Å². The minimum Gasteiger partial charge on any atom is -0.393 e. The smallest absolute Gasteiger partial charge is 0.324 e. The number of aliphatic hydroxyl groups excluding tert-OH is 1. The third-order valence-electron chi connectivity index (χ3n) is 3.09. The normalized spacial score (nSPS) is 17.1. The summed E-state index contributed by atoms with van der Waals surface area (Å²) in [5.74, 6) is 0.568. The molecule has 0 spiro atoms. The van der Waals surface area contributed by atoms with E-state index in [0.717, 1.165) is 31.5 Å². The molecule has 0 bridgehead atoms. The number of hydrogen-bond acceptors (Lipinski definition) is 6. The molecule has 1 N–H and O–H groups in total. The van der Waals surface area contributed by atoms with Crippen molar-refractivity contribution in [2.24, 2.45) is 0 Å². The van der Waals surface area contributed by atoms with E-state index in [0.29, 0.717) is 11.8 Å². The predicted molar refractivity (Wildman–Crippen MR) is 65.0 cm³/mol. The van der Waals surface area contributed by atoms with E-state index in [1.165, 1.54) is 0 Å². The van der Waals surface area contributed by atoms with Crippen LogP contribution in [0.15, 0.2) is 29.0 Å². The van der Waals surface area contributed by atoms with E-state index in [1.54, 1.807) is 12.4 Å². The number of aliphatic hydroxyl groups is 1. The summed E-state index contributed by atoms with van der Waals surface area (Å²) in [7, 11) is 0. The Kier molecular flexibility index (Phi) is 2.93. The summed E-state index contributed by atoms with van der Waals surface area (Å²) in [6.45, 7) is 1.50. The summed E-state index contributed by atoms with van der Waals surface area (Å²) in [6.07, 6.45) is 4.68. The summed E-state index contributed by atoms with van der Waals surface area (Å²) in [6, 6.07) is 4.21. The zero-order valence-corrected chi connectivity index (χ0v) is 9.86. The molecule has 1 aliphatic heterocycles. The van der Waals surface area contributed by atoms with Gasteiger partial charge in [-0.2, -0.15) is 4.98 Å². The molecule has 1 fully saturated rings. The molecule has 0 radical (unpaired) electrons. The summed E-state index contributed by atoms with van der Waals surface area (Å²) >= 11 is 0. The average Bonchev–Trinajstić information content (AvgIpc) is 2.90. The lowest BCUT2D eigenvalue weighted by Crippen LogP contribution is -2.35. The predicted octanol–water partition coefficient (Wildman–Crippen LogP) is 1.09. The molecular weight excluding hydrogens is 232 g/mol. The monoisotopic (exact) mass is 246 g/mol. The first-order valence-electron chi connectivity index (χ1n) is 6.00. The number of rotatable bonds is 2. The van der Waals surface area contributed by atoms with Crippen LogP contribution in [0.25, 0.3) is 11.4 Å². The highest BCUT2D eigenvalue weighted by Gasteiger charge is 2.21. The molecule has 94 valence electrons. The first kappa shape index (κ1) is 11.2. The molecular formula is C12H14N4O2. The molecule has 6 heteroatoms. The molecule has 0 aromatic carbocycles. The average molecular weight is 246 g/mol. The lowest BCUT2D eigenvalue weighted by molar-refractivity contribution is 0.143. The molecule has 2 aromatic heterocycles. The fourth-order valence-electron chi connectivity index (χ4n) is 2.02. The Hall–Kier alpha value is -1.95. The van der Waals surface area contributed by atoms with Gasteiger partial charge in [-0.05, 0) is 25.0 Å². The van der Waals surface area contributed by atoms with E-state index in [1.807, 2.05) is 17.0 Å². The summed E-state index contributed by atoms with van der Waals surface area (Å²) < 4.78 is 5.26. The van der Waals surface area contributed by atoms with Crippen molar-refractivity contribution in [3.8, 4) is 11.4 Å². The highest BCUT2D eigenvalue weighted by Crippen LogP contribution is 2.21. The number of nitrogens with zero attached hydrogens (tertiary/aromatic N) is 4. The zero-order valence-electron chi connectivity index (χ0n) is 9.86. The van der Waals surface area contributed by atoms with Gasteiger partial charge in [0.1, 0.15) is 0 Å². The van der Waals surface area contributed by atoms with Crippen LogP contribution in [0.2, 0.25) is 0 Å². The fourth-order valence-corrected chi connectivity index (χ4v) is 2.02. The number of aromatic nitrogens is 3. The highest BCUT2D eigenvalue weighted by molar-refractivity contribution is 5.54. The van der Waals surface area contributed by atoms with Gasteiger partial charge in [0.05, 0.1) is 6.10 Å². The molecule has 0 unspecified atom stereocenters. The molecule has 1 saturated heterocycles. The van der Waals surface area contributed by atoms with Crippen molar-refractivity contribution in [2.75, 3.05) is 18.0 Å². The number of anilines is 1. The van der Waals surface area contributed by atoms with Crippen LogP contribution in [-0.4, -0.2) is 39.4 Å². The van der Waals surface area contributed by atoms with Crippen LogP contribution in [0, 0.1) is 0 Å². The van der Waals surface area contributed by atoms with Gasteiger partial charge >= 0.3 is 6.01 Å². The van der Waals surface area contributed by atoms with E-state index in [9.17, 15) is 5.11 Å². The molecule has 0 amide bonds. The standard InChI is InChI=1S/C12H14N4O2/c17-10-3-7-16(8-4-10)12-14-11(15-18-12)9-1-5-13-6-2-9/h1-2,5-6,10,17H,3-4,7-8H2. The second kappa shape index (κ2) is 4.73. The topological polar surface area (TPSA) is 75.3 Å². The van der Waals surface area contributed by atoms with E-state index < -0.39 is 0 Å². The van der Waals surface area contributed by atoms with Crippen LogP contribution in [-0.2, 0) is 0 Å². The van der Waals surface area contributed by atoms with Crippen molar-refractivity contribution in [1.29, 1.82) is 0 Å². The van der Waals surface area contributed by atoms with Gasteiger partial charge in [-0.25, -0.2) is 0 Å². The SMILES string of the molecule is OC1CCN(c2nc(-c3ccncc3)no2)CC1. The summed E-state index contributed by atoms with van der Waals surface area (Å²) in [4.78, 5) is 10.3. The Morgan fingerprint density at radius 3 is 2.67 bits per heavy atom. The van der Waals surface area contributed by atoms with Crippen molar-refractivity contribution in [3.63, 3.8) is 0 Å². The minimum absolute atomic E-state index is 0.205. The third-order valence-corrected chi connectivity index (χ3v) is 3.09. The van der Waals surface area contributed by atoms with E-state index in [2.05, 4.69) is 15.1 Å². The summed E-state index contributed by atoms with van der Waals surface area (Å²) in [5.41, 5.74) is 0.886. The molecule has 2 aromatic rings. The van der Waals surface area contributed by atoms with Crippen LogP contribution in [0.3, 0.4) is 0 Å². The van der Waals surface area contributed by atoms with Crippen molar-refractivity contribution >= 4 is 6.01 Å². The molecule has 0 atom stereocenters. The summed E-state index contributed by atoms with van der Waals surface area (Å²) in [5, 5.41) is 13.4. The van der Waals surface area contributed by atoms with E-state index >= 15 is 0 Å². The van der Waals surface area contributed by atoms with Crippen LogP contribution >= 0.6 is 0 Å². The van der Waals surface area contributed by atoms with Crippen molar-refractivity contribution in [2.45, 2.75) is 18.9 Å². The third kappa shape index (κ3) is 2.19. The molecule has 3 rings (SSSR count). The van der Waals surface area contributed by atoms with Crippen LogP contribution in [0.1, 0.15) is 12.8 Å². The van der Waals surface area contributed by atoms with Gasteiger partial charge in [-0.15, -0.1) is 0 Å². The number of hydrogen-bond donors (Lipinski definition) is 1. The lowest BCUT2D eigenvalue weighted by atomic mass is 10.1. The van der Waals surface area contributed by atoms with Crippen LogP contribution in [0.4, 0.5) is 6.01 Å². The van der Waals surface area contributed by atoms with Crippen molar-refractivity contribution in [3.05, 3.63) is 24.5 Å². The second-order valence-electron chi connectivity index (χ2n) is 4.35. The number of pyridine rings is 1. The van der Waals surface area contributed by atoms with Gasteiger partial charge in [0.25, 0.3) is 0 Å². The van der Waals surface area contributed by atoms with Gasteiger partial charge < -0.3 is 14.5 Å². The molecule has 1 aliphatic rings. The Balaban J connectivity index is 1.78. The second-order valence-corrected chi connectivity index (χ2v) is 4.35. The van der Waals surface area contributed by atoms with Crippen molar-refractivity contribution in [1.82, 2.24) is 15.1 Å². The zero-order chi connectivity index (χ0) is 12.4. The van der Waals surface area contributed by atoms with Crippen LogP contribution in [0.5, 0.6) is 0 Å². The van der Waals surface area contributed by atoms with Gasteiger partial charge in [0.2, 0.25) is 5.82 Å². The molecule has 18 heavy (non-hydrogen) atoms. The van der Waals surface area contributed by atoms with Crippen LogP contribution < -0.4 is 4.90 Å². The maximum absolute atomic E-state index is 9.46. The van der Waals surface area contributed by atoms with Gasteiger partial charge in [0.15, 0.2) is 0 Å². The van der Waals surface area contributed by atoms with Gasteiger partial charge in [0, 0.05) is 31.0 Å². The lowest BCUT2D eigenvalue weighted by Gasteiger charge is -2.27.